The summed E-state index contributed by atoms with van der Waals surface area (Å²) in [6, 6.07) is 6.09. The van der Waals surface area contributed by atoms with Gasteiger partial charge in [0.25, 0.3) is 0 Å². The zero-order valence-electron chi connectivity index (χ0n) is 11.7. The zero-order chi connectivity index (χ0) is 13.9. The van der Waals surface area contributed by atoms with Crippen molar-refractivity contribution in [2.75, 3.05) is 13.8 Å². The Hall–Kier alpha value is -1.97. The van der Waals surface area contributed by atoms with E-state index in [1.807, 2.05) is 36.2 Å². The van der Waals surface area contributed by atoms with Gasteiger partial charge in [-0.3, -0.25) is 4.79 Å². The molecule has 1 aromatic rings. The van der Waals surface area contributed by atoms with Crippen molar-refractivity contribution in [3.63, 3.8) is 0 Å². The topological polar surface area (TPSA) is 38.8 Å². The van der Waals surface area contributed by atoms with Gasteiger partial charge in [0.1, 0.15) is 0 Å². The van der Waals surface area contributed by atoms with E-state index in [-0.39, 0.29) is 12.7 Å². The summed E-state index contributed by atoms with van der Waals surface area (Å²) in [6.07, 6.45) is 8.17. The third-order valence-corrected chi connectivity index (χ3v) is 4.04. The molecule has 1 heterocycles. The molecule has 2 aliphatic rings. The van der Waals surface area contributed by atoms with E-state index in [1.165, 1.54) is 12.8 Å². The number of amides is 1. The summed E-state index contributed by atoms with van der Waals surface area (Å²) in [5.41, 5.74) is 0.947. The lowest BCUT2D eigenvalue weighted by Crippen LogP contribution is -2.33. The van der Waals surface area contributed by atoms with Crippen LogP contribution in [0, 0.1) is 0 Å². The van der Waals surface area contributed by atoms with E-state index in [4.69, 9.17) is 9.47 Å². The second kappa shape index (κ2) is 5.57. The lowest BCUT2D eigenvalue weighted by Gasteiger charge is -2.22. The number of carbonyl (C=O) groups excluding carboxylic acids is 1. The Labute approximate surface area is 119 Å². The number of rotatable bonds is 3. The summed E-state index contributed by atoms with van der Waals surface area (Å²) < 4.78 is 10.6. The molecular formula is C16H19NO3. The molecule has 3 rings (SSSR count). The van der Waals surface area contributed by atoms with Gasteiger partial charge in [-0.25, -0.2) is 0 Å². The van der Waals surface area contributed by atoms with Crippen LogP contribution in [0.5, 0.6) is 11.5 Å². The van der Waals surface area contributed by atoms with Gasteiger partial charge in [0, 0.05) is 19.2 Å². The molecule has 1 aliphatic carbocycles. The largest absolute Gasteiger partial charge is 0.454 e. The number of likely N-dealkylation sites (N-methyl/N-ethyl adjacent to an activating group) is 1. The number of fused-ring (bicyclic) bond motifs is 1. The fraction of sp³-hybridized carbons (Fsp3) is 0.438. The van der Waals surface area contributed by atoms with E-state index in [0.29, 0.717) is 6.04 Å². The molecule has 1 fully saturated rings. The van der Waals surface area contributed by atoms with Crippen LogP contribution in [-0.2, 0) is 4.79 Å². The summed E-state index contributed by atoms with van der Waals surface area (Å²) in [4.78, 5) is 14.0. The van der Waals surface area contributed by atoms with E-state index in [0.717, 1.165) is 29.9 Å². The SMILES string of the molecule is CN(C(=O)/C=C/c1ccc2c(c1)OCO2)C1CCCC1. The minimum atomic E-state index is 0.0644. The molecule has 4 nitrogen and oxygen atoms in total. The van der Waals surface area contributed by atoms with Gasteiger partial charge in [-0.05, 0) is 36.6 Å². The van der Waals surface area contributed by atoms with Crippen LogP contribution < -0.4 is 9.47 Å². The maximum Gasteiger partial charge on any atom is 0.246 e. The number of carbonyl (C=O) groups is 1. The van der Waals surface area contributed by atoms with Crippen molar-refractivity contribution in [1.29, 1.82) is 0 Å². The summed E-state index contributed by atoms with van der Waals surface area (Å²) in [5, 5.41) is 0. The van der Waals surface area contributed by atoms with Crippen molar-refractivity contribution < 1.29 is 14.3 Å². The van der Waals surface area contributed by atoms with E-state index in [9.17, 15) is 4.79 Å². The summed E-state index contributed by atoms with van der Waals surface area (Å²) in [7, 11) is 1.89. The minimum Gasteiger partial charge on any atom is -0.454 e. The van der Waals surface area contributed by atoms with Crippen LogP contribution in [0.4, 0.5) is 0 Å². The normalized spacial score (nSPS) is 17.9. The number of benzene rings is 1. The average Bonchev–Trinajstić information content (AvgIpc) is 3.13. The quantitative estimate of drug-likeness (QED) is 0.795. The molecule has 4 heteroatoms. The highest BCUT2D eigenvalue weighted by atomic mass is 16.7. The molecule has 0 N–H and O–H groups in total. The van der Waals surface area contributed by atoms with Gasteiger partial charge < -0.3 is 14.4 Å². The Morgan fingerprint density at radius 3 is 2.80 bits per heavy atom. The third kappa shape index (κ3) is 2.64. The molecule has 0 aromatic heterocycles. The van der Waals surface area contributed by atoms with Crippen molar-refractivity contribution in [3.8, 4) is 11.5 Å². The monoisotopic (exact) mass is 273 g/mol. The van der Waals surface area contributed by atoms with Gasteiger partial charge in [0.2, 0.25) is 12.7 Å². The first-order valence-corrected chi connectivity index (χ1v) is 7.08. The second-order valence-corrected chi connectivity index (χ2v) is 5.33. The molecule has 1 amide bonds. The summed E-state index contributed by atoms with van der Waals surface area (Å²) in [6.45, 7) is 0.270. The smallest absolute Gasteiger partial charge is 0.246 e. The van der Waals surface area contributed by atoms with E-state index >= 15 is 0 Å². The van der Waals surface area contributed by atoms with E-state index in [1.54, 1.807) is 6.08 Å². The maximum absolute atomic E-state index is 12.1. The van der Waals surface area contributed by atoms with E-state index in [2.05, 4.69) is 0 Å². The zero-order valence-corrected chi connectivity index (χ0v) is 11.7. The molecular weight excluding hydrogens is 254 g/mol. The average molecular weight is 273 g/mol. The van der Waals surface area contributed by atoms with Gasteiger partial charge >= 0.3 is 0 Å². The Kier molecular flexibility index (Phi) is 3.63. The molecule has 1 aromatic carbocycles. The molecule has 0 atom stereocenters. The molecule has 20 heavy (non-hydrogen) atoms. The lowest BCUT2D eigenvalue weighted by atomic mass is 10.1. The van der Waals surface area contributed by atoms with Crippen LogP contribution in [0.2, 0.25) is 0 Å². The predicted molar refractivity (Wildman–Crippen MR) is 76.6 cm³/mol. The Morgan fingerprint density at radius 2 is 2.00 bits per heavy atom. The first-order chi connectivity index (χ1) is 9.74. The second-order valence-electron chi connectivity index (χ2n) is 5.33. The number of nitrogens with zero attached hydrogens (tertiary/aromatic N) is 1. The molecule has 0 unspecified atom stereocenters. The molecule has 106 valence electrons. The fourth-order valence-corrected chi connectivity index (χ4v) is 2.77. The Bertz CT molecular complexity index is 533. The van der Waals surface area contributed by atoms with Gasteiger partial charge in [-0.15, -0.1) is 0 Å². The molecule has 1 saturated carbocycles. The molecule has 0 radical (unpaired) electrons. The number of hydrogen-bond acceptors (Lipinski definition) is 3. The summed E-state index contributed by atoms with van der Waals surface area (Å²) in [5.74, 6) is 1.56. The summed E-state index contributed by atoms with van der Waals surface area (Å²) >= 11 is 0. The first-order valence-electron chi connectivity index (χ1n) is 7.08. The third-order valence-electron chi connectivity index (χ3n) is 4.04. The standard InChI is InChI=1S/C16H19NO3/c1-17(13-4-2-3-5-13)16(18)9-7-12-6-8-14-15(10-12)20-11-19-14/h6-10,13H,2-5,11H2,1H3/b9-7+. The van der Waals surface area contributed by atoms with Crippen LogP contribution in [0.15, 0.2) is 24.3 Å². The molecule has 0 bridgehead atoms. The van der Waals surface area contributed by atoms with Gasteiger partial charge in [-0.2, -0.15) is 0 Å². The molecule has 0 saturated heterocycles. The van der Waals surface area contributed by atoms with Gasteiger partial charge in [-0.1, -0.05) is 18.9 Å². The first kappa shape index (κ1) is 13.0. The number of ether oxygens (including phenoxy) is 2. The van der Waals surface area contributed by atoms with Gasteiger partial charge in [0.15, 0.2) is 11.5 Å². The van der Waals surface area contributed by atoms with Crippen molar-refractivity contribution in [3.05, 3.63) is 29.8 Å². The highest BCUT2D eigenvalue weighted by Gasteiger charge is 2.21. The number of hydrogen-bond donors (Lipinski definition) is 0. The van der Waals surface area contributed by atoms with Crippen LogP contribution in [0.3, 0.4) is 0 Å². The van der Waals surface area contributed by atoms with Crippen molar-refractivity contribution in [1.82, 2.24) is 4.90 Å². The van der Waals surface area contributed by atoms with Crippen LogP contribution >= 0.6 is 0 Å². The highest BCUT2D eigenvalue weighted by Crippen LogP contribution is 2.32. The van der Waals surface area contributed by atoms with E-state index < -0.39 is 0 Å². The van der Waals surface area contributed by atoms with Crippen LogP contribution in [0.25, 0.3) is 6.08 Å². The van der Waals surface area contributed by atoms with Crippen LogP contribution in [-0.4, -0.2) is 30.7 Å². The molecule has 1 aliphatic heterocycles. The van der Waals surface area contributed by atoms with Crippen molar-refractivity contribution in [2.45, 2.75) is 31.7 Å². The van der Waals surface area contributed by atoms with Crippen molar-refractivity contribution >= 4 is 12.0 Å². The minimum absolute atomic E-state index is 0.0644. The Balaban J connectivity index is 1.65. The fourth-order valence-electron chi connectivity index (χ4n) is 2.77. The van der Waals surface area contributed by atoms with Crippen molar-refractivity contribution in [2.24, 2.45) is 0 Å². The highest BCUT2D eigenvalue weighted by molar-refractivity contribution is 5.91. The molecule has 0 spiro atoms. The maximum atomic E-state index is 12.1. The Morgan fingerprint density at radius 1 is 1.25 bits per heavy atom. The van der Waals surface area contributed by atoms with Gasteiger partial charge in [0.05, 0.1) is 0 Å². The van der Waals surface area contributed by atoms with Crippen LogP contribution in [0.1, 0.15) is 31.2 Å². The predicted octanol–water partition coefficient (Wildman–Crippen LogP) is 2.83. The lowest BCUT2D eigenvalue weighted by molar-refractivity contribution is -0.126.